The summed E-state index contributed by atoms with van der Waals surface area (Å²) in [7, 11) is 1.67. The van der Waals surface area contributed by atoms with E-state index in [4.69, 9.17) is 38.8 Å². The van der Waals surface area contributed by atoms with Gasteiger partial charge in [-0.15, -0.1) is 58.8 Å². The Bertz CT molecular complexity index is 5590. The third-order valence-corrected chi connectivity index (χ3v) is 29.1. The van der Waals surface area contributed by atoms with Crippen molar-refractivity contribution in [1.29, 1.82) is 0 Å². The van der Waals surface area contributed by atoms with Gasteiger partial charge in [0.15, 0.2) is 0 Å². The zero-order chi connectivity index (χ0) is 96.8. The normalized spacial score (nSPS) is 14.2. The molecule has 3 atom stereocenters. The molecule has 20 nitrogen and oxygen atoms in total. The average molecular weight is 2140 g/mol. The van der Waals surface area contributed by atoms with E-state index in [9.17, 15) is 39.3 Å². The minimum atomic E-state index is -0.734. The Hall–Kier alpha value is -6.74. The minimum absolute atomic E-state index is 0. The summed E-state index contributed by atoms with van der Waals surface area (Å²) in [5, 5.41) is 50.3. The Kier molecular flexibility index (Phi) is 54.4. The number of carbonyl (C=O) groups excluding carboxylic acids is 3. The molecule has 0 spiro atoms. The molecule has 0 bridgehead atoms. The van der Waals surface area contributed by atoms with Gasteiger partial charge in [-0.2, -0.15) is 0 Å². The van der Waals surface area contributed by atoms with Gasteiger partial charge in [0.25, 0.3) is 6.47 Å². The second kappa shape index (κ2) is 62.6. The number of ether oxygens (including phenoxy) is 5. The van der Waals surface area contributed by atoms with Crippen molar-refractivity contribution in [2.75, 3.05) is 58.0 Å². The van der Waals surface area contributed by atoms with E-state index in [1.54, 1.807) is 72.4 Å². The number of methoxy groups -OCH3 is 1. The van der Waals surface area contributed by atoms with Gasteiger partial charge in [-0.05, 0) is 321 Å². The molecule has 11 aromatic carbocycles. The number of halogens is 2. The number of nitrogens with zero attached hydrogens (tertiary/aromatic N) is 2. The van der Waals surface area contributed by atoms with Gasteiger partial charge in [0.05, 0.1) is 12.0 Å². The second-order valence-corrected chi connectivity index (χ2v) is 37.6. The summed E-state index contributed by atoms with van der Waals surface area (Å²) in [5.74, 6) is 2.15. The minimum Gasteiger partial charge on any atom is -1.00 e. The van der Waals surface area contributed by atoms with Gasteiger partial charge >= 0.3 is 121 Å². The third-order valence-electron chi connectivity index (χ3n) is 24.1. The van der Waals surface area contributed by atoms with E-state index in [2.05, 4.69) is 227 Å². The quantitative estimate of drug-likeness (QED) is 0.00638. The number of carbonyl (C=O) groups is 6. The zero-order valence-electron chi connectivity index (χ0n) is 80.9. The van der Waals surface area contributed by atoms with Gasteiger partial charge in [-0.3, -0.25) is 38.6 Å². The Morgan fingerprint density at radius 2 is 0.737 bits per heavy atom. The number of rotatable bonds is 33. The number of aromatic hydroxyl groups is 1. The number of carboxylic acid groups (broad SMARTS) is 3. The molecule has 0 aromatic heterocycles. The molecule has 0 amide bonds. The molecule has 0 aliphatic carbocycles. The van der Waals surface area contributed by atoms with Gasteiger partial charge < -0.3 is 61.0 Å². The molecule has 11 aromatic rings. The van der Waals surface area contributed by atoms with Crippen LogP contribution in [0.1, 0.15) is 165 Å². The summed E-state index contributed by atoms with van der Waals surface area (Å²) in [5.41, 5.74) is 25.5. The molecular formula is C108H125Br2K2N3O17S5. The summed E-state index contributed by atoms with van der Waals surface area (Å²) in [6, 6.07) is 66.0. The fourth-order valence-corrected chi connectivity index (χ4v) is 20.3. The fourth-order valence-electron chi connectivity index (χ4n) is 16.2. The van der Waals surface area contributed by atoms with Crippen LogP contribution in [0, 0.1) is 41.5 Å². The van der Waals surface area contributed by atoms with Crippen LogP contribution in [0.25, 0.3) is 33.4 Å². The first-order chi connectivity index (χ1) is 64.8. The van der Waals surface area contributed by atoms with E-state index in [0.29, 0.717) is 63.5 Å². The monoisotopic (exact) mass is 2130 g/mol. The van der Waals surface area contributed by atoms with Crippen LogP contribution in [0.4, 0.5) is 0 Å². The fraction of sp³-hybridized carbons (Fsp3) is 0.333. The number of thioether (sulfide) groups is 5. The summed E-state index contributed by atoms with van der Waals surface area (Å²) in [6.45, 7) is 18.3. The van der Waals surface area contributed by atoms with E-state index >= 15 is 0 Å². The number of phenols is 1. The first-order valence-corrected chi connectivity index (χ1v) is 52.5. The molecular weight excluding hydrogens is 2010 g/mol. The Morgan fingerprint density at radius 1 is 0.423 bits per heavy atom. The molecule has 0 radical (unpaired) electrons. The van der Waals surface area contributed by atoms with Crippen LogP contribution >= 0.6 is 90.7 Å². The molecule has 3 heterocycles. The van der Waals surface area contributed by atoms with Crippen LogP contribution in [-0.4, -0.2) is 143 Å². The number of aliphatic carboxylic acids is 3. The molecule has 3 saturated heterocycles. The predicted molar refractivity (Wildman–Crippen MR) is 556 cm³/mol. The first-order valence-electron chi connectivity index (χ1n) is 44.1. The van der Waals surface area contributed by atoms with Crippen LogP contribution in [0.2, 0.25) is 0 Å². The van der Waals surface area contributed by atoms with E-state index in [1.165, 1.54) is 84.6 Å². The Labute approximate surface area is 933 Å². The Balaban J connectivity index is 0.000000343. The molecule has 5 N–H and O–H groups in total. The van der Waals surface area contributed by atoms with E-state index in [0.717, 1.165) is 186 Å². The van der Waals surface area contributed by atoms with Gasteiger partial charge in [0.1, 0.15) is 91.6 Å². The summed E-state index contributed by atoms with van der Waals surface area (Å²) >= 11 is 15.0. The molecule has 3 fully saturated rings. The van der Waals surface area contributed by atoms with Crippen molar-refractivity contribution in [3.05, 3.63) is 289 Å². The molecule has 0 saturated carbocycles. The Morgan fingerprint density at radius 3 is 1.04 bits per heavy atom. The summed E-state index contributed by atoms with van der Waals surface area (Å²) in [4.78, 5) is 75.6. The predicted octanol–water partition coefficient (Wildman–Crippen LogP) is 18.9. The molecule has 720 valence electrons. The second-order valence-electron chi connectivity index (χ2n) is 32.2. The standard InChI is InChI=1S/C44H52N2O6S2.C32H32O4S2.C16H16Br2.C8H8O2S.C6H11NO2.CH2O3.CH4.2K.H/c1-29-33(27-51-39-19-17-31(23-41(39)53-3)25-45-21-7-5-15-37(45)43(47)48)11-9-13-35(29)36-14-10-12-34(30(36)2)28-52-40-20-18-32(24-42(40)54-4)26-46-22-8-6-16-38(46)44(49)50;1-21-24(19-35-29-14-12-23(18-33)16-31(29)37-4)8-6-10-27(21)28-11-7-9-25(22(28)2)20-36-30-15-13-26(34-3)17-32(30)38-5;1-11-13(9-17)5-3-7-15(11)16-8-4-6-14(10-18)12(16)2;1-11-8-4-6(5-9)2-3-7(8)10;8-6(9)5-3-1-2-4-7-5;2-1-4-3;;;;/h9-14,17-20,23-24,37-38H,5-8,15-16,21-22,25-28H2,1-4H3,(H,47,48)(H,49,50);6-18H,19-20H2,1-5H3;3-8H,9-10H2,1-2H3;2-5,10H,1H3;5,7H,1-4H2,(H,8,9);1,3H;1H4;;;/q;;;;;;;2*+1;-1/p-1/t37-,38-;;;;5-;;;;;/m0...0...../s1. The van der Waals surface area contributed by atoms with Crippen molar-refractivity contribution >= 4 is 128 Å². The van der Waals surface area contributed by atoms with E-state index < -0.39 is 30.0 Å². The maximum absolute atomic E-state index is 11.8. The number of hydrogen-bond acceptors (Lipinski definition) is 22. The number of phenolic OH excluding ortho intramolecular Hbond substituents is 1. The topological polar surface area (TPSA) is 280 Å². The van der Waals surface area contributed by atoms with Gasteiger partial charge in [-0.25, -0.2) is 0 Å². The smallest absolute Gasteiger partial charge is 1.00 e. The molecule has 14 rings (SSSR count). The summed E-state index contributed by atoms with van der Waals surface area (Å²) in [6.07, 6.45) is 19.9. The van der Waals surface area contributed by atoms with Crippen LogP contribution in [0.5, 0.6) is 34.5 Å². The van der Waals surface area contributed by atoms with Crippen molar-refractivity contribution in [2.45, 2.75) is 200 Å². The largest absolute Gasteiger partial charge is 1.00 e. The van der Waals surface area contributed by atoms with E-state index in [1.807, 2.05) is 73.7 Å². The molecule has 3 aliphatic heterocycles. The van der Waals surface area contributed by atoms with Crippen molar-refractivity contribution < 1.29 is 187 Å². The molecule has 29 heteroatoms. The van der Waals surface area contributed by atoms with Crippen molar-refractivity contribution in [3.8, 4) is 67.9 Å². The number of piperidine rings is 3. The van der Waals surface area contributed by atoms with Crippen LogP contribution < -0.4 is 137 Å². The van der Waals surface area contributed by atoms with Gasteiger partial charge in [0.2, 0.25) is 0 Å². The number of benzene rings is 11. The maximum Gasteiger partial charge on any atom is 1.00 e. The third kappa shape index (κ3) is 34.8. The number of hydrogen-bond donors (Lipinski definition) is 5. The first kappa shape index (κ1) is 119. The zero-order valence-corrected chi connectivity index (χ0v) is 93.4. The van der Waals surface area contributed by atoms with Crippen molar-refractivity contribution in [1.82, 2.24) is 15.1 Å². The number of likely N-dealkylation sites (tertiary alicyclic amines) is 2. The van der Waals surface area contributed by atoms with Crippen LogP contribution in [0.3, 0.4) is 0 Å². The van der Waals surface area contributed by atoms with Crippen LogP contribution in [-0.2, 0) is 74.2 Å². The number of aldehydes is 2. The van der Waals surface area contributed by atoms with Gasteiger partial charge in [-0.1, -0.05) is 180 Å². The molecule has 0 unspecified atom stereocenters. The number of alkyl halides is 2. The summed E-state index contributed by atoms with van der Waals surface area (Å²) < 4.78 is 30.7. The maximum atomic E-state index is 11.8. The number of nitrogens with one attached hydrogen (secondary N) is 1. The molecule has 3 aliphatic rings. The van der Waals surface area contributed by atoms with E-state index in [-0.39, 0.29) is 130 Å². The average Bonchev–Trinajstić information content (AvgIpc) is 0.799. The van der Waals surface area contributed by atoms with Crippen LogP contribution in [0.15, 0.2) is 225 Å². The number of carboxylic acids is 3. The molecule has 137 heavy (non-hydrogen) atoms. The SMILES string of the molecule is C.COc1ccc(OCc2cccc(-c3cccc(COc4ccc(C=O)cc4SC)c3C)c2C)c(SC)c1.CSc1cc(C=O)ccc1O.CSc1cc(CN2CCCC[C@H]2C(=O)O)ccc1OCc1cccc(-c2cccc(COc3ccc(CN4CCCC[C@H]4C(=O)O)cc3SC)c2C)c1C.Cc1c(CBr)cccc1-c1cccc(CBr)c1C.O=C(O)[C@@H]1CCCCN1.O=CO[O-].[H-].[K+].[K+]. The van der Waals surface area contributed by atoms with Gasteiger partial charge in [0, 0.05) is 54.5 Å². The van der Waals surface area contributed by atoms with Crippen molar-refractivity contribution in [3.63, 3.8) is 0 Å². The van der Waals surface area contributed by atoms with Crippen molar-refractivity contribution in [2.24, 2.45) is 0 Å².